The Morgan fingerprint density at radius 2 is 2.05 bits per heavy atom. The first-order valence-corrected chi connectivity index (χ1v) is 6.75. The van der Waals surface area contributed by atoms with Crippen molar-refractivity contribution in [1.29, 1.82) is 0 Å². The van der Waals surface area contributed by atoms with Crippen LogP contribution in [0.2, 0.25) is 5.02 Å². The van der Waals surface area contributed by atoms with Crippen molar-refractivity contribution in [2.45, 2.75) is 26.0 Å². The van der Waals surface area contributed by atoms with E-state index in [0.717, 1.165) is 46.6 Å². The molecule has 1 heterocycles. The molecule has 1 atom stereocenters. The molecule has 0 radical (unpaired) electrons. The average molecular weight is 298 g/mol. The quantitative estimate of drug-likeness (QED) is 0.853. The van der Waals surface area contributed by atoms with E-state index in [1.54, 1.807) is 0 Å². The Bertz CT molecular complexity index is 586. The molecule has 0 amide bonds. The lowest BCUT2D eigenvalue weighted by Crippen LogP contribution is -2.27. The molecule has 2 aromatic rings. The van der Waals surface area contributed by atoms with Gasteiger partial charge in [-0.3, -0.25) is 0 Å². The number of nitrogens with one attached hydrogen (secondary N) is 1. The van der Waals surface area contributed by atoms with Crippen LogP contribution in [0.25, 0.3) is 10.8 Å². The van der Waals surface area contributed by atoms with E-state index in [2.05, 4.69) is 18.3 Å². The number of fused-ring (bicyclic) bond motifs is 3. The zero-order valence-corrected chi connectivity index (χ0v) is 12.4. The van der Waals surface area contributed by atoms with Crippen molar-refractivity contribution in [3.05, 3.63) is 40.9 Å². The highest BCUT2D eigenvalue weighted by molar-refractivity contribution is 6.35. The largest absolute Gasteiger partial charge is 0.488 e. The predicted molar refractivity (Wildman–Crippen MR) is 82.6 cm³/mol. The first-order chi connectivity index (χ1) is 8.79. The smallest absolute Gasteiger partial charge is 0.132 e. The van der Waals surface area contributed by atoms with Gasteiger partial charge in [0.2, 0.25) is 0 Å². The van der Waals surface area contributed by atoms with Crippen molar-refractivity contribution in [3.63, 3.8) is 0 Å². The second-order valence-corrected chi connectivity index (χ2v) is 5.08. The molecule has 1 aliphatic rings. The van der Waals surface area contributed by atoms with Crippen LogP contribution in [0, 0.1) is 0 Å². The van der Waals surface area contributed by atoms with Crippen molar-refractivity contribution in [1.82, 2.24) is 5.32 Å². The molecule has 1 N–H and O–H groups in total. The zero-order chi connectivity index (χ0) is 12.5. The fourth-order valence-electron chi connectivity index (χ4n) is 2.43. The SMILES string of the molecule is CC[C@@H]1CNCc2cc(Cl)c3ccccc3c2O1.Cl. The van der Waals surface area contributed by atoms with E-state index in [9.17, 15) is 0 Å². The van der Waals surface area contributed by atoms with Crippen molar-refractivity contribution >= 4 is 34.8 Å². The molecule has 0 aromatic heterocycles. The minimum atomic E-state index is 0. The van der Waals surface area contributed by atoms with E-state index in [1.165, 1.54) is 0 Å². The van der Waals surface area contributed by atoms with Gasteiger partial charge in [0.25, 0.3) is 0 Å². The summed E-state index contributed by atoms with van der Waals surface area (Å²) in [7, 11) is 0. The van der Waals surface area contributed by atoms with Gasteiger partial charge in [0.1, 0.15) is 11.9 Å². The van der Waals surface area contributed by atoms with Crippen LogP contribution in [0.15, 0.2) is 30.3 Å². The van der Waals surface area contributed by atoms with E-state index in [-0.39, 0.29) is 18.5 Å². The molecule has 0 aliphatic carbocycles. The van der Waals surface area contributed by atoms with Gasteiger partial charge >= 0.3 is 0 Å². The van der Waals surface area contributed by atoms with Crippen LogP contribution in [0.5, 0.6) is 5.75 Å². The topological polar surface area (TPSA) is 21.3 Å². The summed E-state index contributed by atoms with van der Waals surface area (Å²) in [6.45, 7) is 3.85. The van der Waals surface area contributed by atoms with Crippen molar-refractivity contribution in [2.24, 2.45) is 0 Å². The molecule has 0 saturated heterocycles. The number of ether oxygens (including phenoxy) is 1. The Balaban J connectivity index is 0.00000133. The number of rotatable bonds is 1. The first kappa shape index (κ1) is 14.4. The van der Waals surface area contributed by atoms with E-state index < -0.39 is 0 Å². The third kappa shape index (κ3) is 2.66. The number of benzene rings is 2. The summed E-state index contributed by atoms with van der Waals surface area (Å²) in [4.78, 5) is 0. The van der Waals surface area contributed by atoms with Gasteiger partial charge in [0.05, 0.1) is 0 Å². The summed E-state index contributed by atoms with van der Waals surface area (Å²) < 4.78 is 6.15. The molecule has 0 saturated carbocycles. The maximum Gasteiger partial charge on any atom is 0.132 e. The summed E-state index contributed by atoms with van der Waals surface area (Å²) in [5.74, 6) is 0.992. The monoisotopic (exact) mass is 297 g/mol. The second kappa shape index (κ2) is 6.00. The van der Waals surface area contributed by atoms with Crippen molar-refractivity contribution in [3.8, 4) is 5.75 Å². The Hall–Kier alpha value is -0.960. The van der Waals surface area contributed by atoms with Crippen LogP contribution < -0.4 is 10.1 Å². The van der Waals surface area contributed by atoms with Gasteiger partial charge in [-0.25, -0.2) is 0 Å². The molecular formula is C15H17Cl2NO. The highest BCUT2D eigenvalue weighted by Crippen LogP contribution is 2.36. The Labute approximate surface area is 124 Å². The standard InChI is InChI=1S/C15H16ClNO.ClH/c1-2-11-9-17-8-10-7-14(16)12-5-3-4-6-13(12)15(10)18-11;/h3-7,11,17H,2,8-9H2,1H3;1H/t11-;/m1./s1. The van der Waals surface area contributed by atoms with Crippen LogP contribution in [0.4, 0.5) is 0 Å². The third-order valence-electron chi connectivity index (χ3n) is 3.45. The van der Waals surface area contributed by atoms with Gasteiger partial charge < -0.3 is 10.1 Å². The van der Waals surface area contributed by atoms with Crippen LogP contribution >= 0.6 is 24.0 Å². The molecule has 1 aliphatic heterocycles. The van der Waals surface area contributed by atoms with Crippen LogP contribution in [-0.4, -0.2) is 12.6 Å². The lowest BCUT2D eigenvalue weighted by Gasteiger charge is -2.17. The minimum absolute atomic E-state index is 0. The molecule has 102 valence electrons. The molecule has 0 spiro atoms. The Kier molecular flexibility index (Phi) is 4.56. The van der Waals surface area contributed by atoms with E-state index in [1.807, 2.05) is 24.3 Å². The van der Waals surface area contributed by atoms with Crippen LogP contribution in [-0.2, 0) is 6.54 Å². The first-order valence-electron chi connectivity index (χ1n) is 6.37. The summed E-state index contributed by atoms with van der Waals surface area (Å²) in [6.07, 6.45) is 1.24. The van der Waals surface area contributed by atoms with E-state index >= 15 is 0 Å². The normalized spacial score (nSPS) is 18.1. The highest BCUT2D eigenvalue weighted by atomic mass is 35.5. The van der Waals surface area contributed by atoms with E-state index in [4.69, 9.17) is 16.3 Å². The number of halogens is 2. The van der Waals surface area contributed by atoms with Gasteiger partial charge in [-0.15, -0.1) is 12.4 Å². The van der Waals surface area contributed by atoms with Gasteiger partial charge in [0, 0.05) is 34.4 Å². The maximum atomic E-state index is 6.33. The van der Waals surface area contributed by atoms with Gasteiger partial charge in [-0.05, 0) is 12.5 Å². The summed E-state index contributed by atoms with van der Waals surface area (Å²) in [6, 6.07) is 10.2. The van der Waals surface area contributed by atoms with Gasteiger partial charge in [0.15, 0.2) is 0 Å². The lowest BCUT2D eigenvalue weighted by atomic mass is 10.1. The molecule has 4 heteroatoms. The lowest BCUT2D eigenvalue weighted by molar-refractivity contribution is 0.204. The molecule has 0 unspecified atom stereocenters. The summed E-state index contributed by atoms with van der Waals surface area (Å²) in [5.41, 5.74) is 1.15. The zero-order valence-electron chi connectivity index (χ0n) is 10.8. The molecule has 0 fully saturated rings. The summed E-state index contributed by atoms with van der Waals surface area (Å²) >= 11 is 6.33. The number of hydrogen-bond donors (Lipinski definition) is 1. The third-order valence-corrected chi connectivity index (χ3v) is 3.76. The van der Waals surface area contributed by atoms with E-state index in [0.29, 0.717) is 0 Å². The molecule has 19 heavy (non-hydrogen) atoms. The van der Waals surface area contributed by atoms with Crippen molar-refractivity contribution < 1.29 is 4.74 Å². The fourth-order valence-corrected chi connectivity index (χ4v) is 2.73. The predicted octanol–water partition coefficient (Wildman–Crippen LogP) is 4.18. The van der Waals surface area contributed by atoms with Crippen LogP contribution in [0.3, 0.4) is 0 Å². The Morgan fingerprint density at radius 1 is 1.32 bits per heavy atom. The summed E-state index contributed by atoms with van der Waals surface area (Å²) in [5, 5.41) is 6.39. The molecule has 3 rings (SSSR count). The average Bonchev–Trinajstić information content (AvgIpc) is 2.61. The maximum absolute atomic E-state index is 6.33. The molecule has 2 nitrogen and oxygen atoms in total. The minimum Gasteiger partial charge on any atom is -0.488 e. The Morgan fingerprint density at radius 3 is 2.79 bits per heavy atom. The fraction of sp³-hybridized carbons (Fsp3) is 0.333. The van der Waals surface area contributed by atoms with Gasteiger partial charge in [-0.1, -0.05) is 42.8 Å². The highest BCUT2D eigenvalue weighted by Gasteiger charge is 2.19. The molecular weight excluding hydrogens is 281 g/mol. The molecule has 0 bridgehead atoms. The number of hydrogen-bond acceptors (Lipinski definition) is 2. The van der Waals surface area contributed by atoms with Crippen LogP contribution in [0.1, 0.15) is 18.9 Å². The molecule has 2 aromatic carbocycles. The van der Waals surface area contributed by atoms with Gasteiger partial charge in [-0.2, -0.15) is 0 Å². The second-order valence-electron chi connectivity index (χ2n) is 4.67. The van der Waals surface area contributed by atoms with Crippen molar-refractivity contribution in [2.75, 3.05) is 6.54 Å².